The molecule has 0 saturated heterocycles. The Bertz CT molecular complexity index is 864. The van der Waals surface area contributed by atoms with Crippen LogP contribution in [0.3, 0.4) is 0 Å². The Labute approximate surface area is 145 Å². The highest BCUT2D eigenvalue weighted by molar-refractivity contribution is 6.06. The maximum absolute atomic E-state index is 12.8. The Balaban J connectivity index is 2.14. The number of amides is 1. The molecule has 0 spiro atoms. The van der Waals surface area contributed by atoms with Crippen molar-refractivity contribution in [3.8, 4) is 11.5 Å². The molecule has 0 aromatic carbocycles. The fourth-order valence-electron chi connectivity index (χ4n) is 2.67. The summed E-state index contributed by atoms with van der Waals surface area (Å²) in [6.07, 6.45) is 3.87. The number of fused-ring (bicyclic) bond motifs is 1. The fourth-order valence-corrected chi connectivity index (χ4v) is 2.67. The van der Waals surface area contributed by atoms with Crippen LogP contribution in [0.4, 0.5) is 0 Å². The molecule has 2 N–H and O–H groups in total. The second-order valence-electron chi connectivity index (χ2n) is 6.21. The van der Waals surface area contributed by atoms with Gasteiger partial charge in [-0.1, -0.05) is 6.92 Å². The van der Waals surface area contributed by atoms with Gasteiger partial charge in [0.25, 0.3) is 5.91 Å². The van der Waals surface area contributed by atoms with Crippen LogP contribution in [-0.2, 0) is 0 Å². The first-order chi connectivity index (χ1) is 12.0. The van der Waals surface area contributed by atoms with Crippen LogP contribution in [0.15, 0.2) is 35.1 Å². The highest BCUT2D eigenvalue weighted by atomic mass is 16.3. The zero-order valence-corrected chi connectivity index (χ0v) is 14.6. The van der Waals surface area contributed by atoms with Crippen molar-refractivity contribution in [3.63, 3.8) is 0 Å². The summed E-state index contributed by atoms with van der Waals surface area (Å²) < 4.78 is 7.22. The molecular weight excluding hydrogens is 320 g/mol. The van der Waals surface area contributed by atoms with Gasteiger partial charge in [0.05, 0.1) is 36.1 Å². The maximum Gasteiger partial charge on any atom is 0.252 e. The highest BCUT2D eigenvalue weighted by Crippen LogP contribution is 2.26. The predicted octanol–water partition coefficient (Wildman–Crippen LogP) is 2.77. The summed E-state index contributed by atoms with van der Waals surface area (Å²) in [5.74, 6) is 0.325. The summed E-state index contributed by atoms with van der Waals surface area (Å²) in [5, 5.41) is 17.3. The monoisotopic (exact) mass is 342 g/mol. The second-order valence-corrected chi connectivity index (χ2v) is 6.21. The van der Waals surface area contributed by atoms with E-state index in [0.29, 0.717) is 34.5 Å². The Hall–Kier alpha value is -2.67. The molecule has 1 amide bonds. The number of carbonyl (C=O) groups is 1. The average molecular weight is 342 g/mol. The van der Waals surface area contributed by atoms with Crippen LogP contribution in [-0.4, -0.2) is 38.4 Å². The SMILES string of the molecule is CCC(CO)NC(=O)c1cc(-c2ccco2)nc2c1cnn2C(C)C. The van der Waals surface area contributed by atoms with E-state index in [4.69, 9.17) is 4.42 Å². The van der Waals surface area contributed by atoms with Gasteiger partial charge >= 0.3 is 0 Å². The molecule has 25 heavy (non-hydrogen) atoms. The molecule has 3 aromatic rings. The molecule has 0 bridgehead atoms. The molecule has 1 unspecified atom stereocenters. The van der Waals surface area contributed by atoms with E-state index in [0.717, 1.165) is 0 Å². The number of furan rings is 1. The van der Waals surface area contributed by atoms with Gasteiger partial charge in [-0.15, -0.1) is 0 Å². The summed E-state index contributed by atoms with van der Waals surface area (Å²) in [5.41, 5.74) is 1.67. The number of aliphatic hydroxyl groups is 1. The maximum atomic E-state index is 12.8. The van der Waals surface area contributed by atoms with Crippen molar-refractivity contribution in [2.45, 2.75) is 39.3 Å². The lowest BCUT2D eigenvalue weighted by Gasteiger charge is -2.15. The van der Waals surface area contributed by atoms with Crippen LogP contribution < -0.4 is 5.32 Å². The van der Waals surface area contributed by atoms with E-state index in [9.17, 15) is 9.90 Å². The molecule has 132 valence electrons. The van der Waals surface area contributed by atoms with Gasteiger partial charge in [-0.25, -0.2) is 9.67 Å². The van der Waals surface area contributed by atoms with Gasteiger partial charge in [0, 0.05) is 6.04 Å². The summed E-state index contributed by atoms with van der Waals surface area (Å²) >= 11 is 0. The first-order valence-corrected chi connectivity index (χ1v) is 8.39. The molecule has 0 aliphatic carbocycles. The molecule has 3 heterocycles. The highest BCUT2D eigenvalue weighted by Gasteiger charge is 2.20. The Morgan fingerprint density at radius 1 is 1.44 bits per heavy atom. The number of aromatic nitrogens is 3. The topological polar surface area (TPSA) is 93.2 Å². The Morgan fingerprint density at radius 3 is 2.84 bits per heavy atom. The van der Waals surface area contributed by atoms with Crippen molar-refractivity contribution in [2.24, 2.45) is 0 Å². The third kappa shape index (κ3) is 3.28. The smallest absolute Gasteiger partial charge is 0.252 e. The van der Waals surface area contributed by atoms with Crippen LogP contribution in [0.1, 0.15) is 43.6 Å². The van der Waals surface area contributed by atoms with Crippen LogP contribution in [0, 0.1) is 0 Å². The van der Waals surface area contributed by atoms with Crippen molar-refractivity contribution < 1.29 is 14.3 Å². The van der Waals surface area contributed by atoms with E-state index >= 15 is 0 Å². The summed E-state index contributed by atoms with van der Waals surface area (Å²) in [7, 11) is 0. The van der Waals surface area contributed by atoms with Gasteiger partial charge in [-0.3, -0.25) is 4.79 Å². The first kappa shape index (κ1) is 17.2. The van der Waals surface area contributed by atoms with Gasteiger partial charge < -0.3 is 14.8 Å². The lowest BCUT2D eigenvalue weighted by atomic mass is 10.1. The van der Waals surface area contributed by atoms with Crippen molar-refractivity contribution in [2.75, 3.05) is 6.61 Å². The molecule has 3 aromatic heterocycles. The minimum absolute atomic E-state index is 0.104. The molecule has 7 nitrogen and oxygen atoms in total. The number of hydrogen-bond donors (Lipinski definition) is 2. The van der Waals surface area contributed by atoms with Crippen LogP contribution in [0.25, 0.3) is 22.5 Å². The third-order valence-electron chi connectivity index (χ3n) is 4.12. The molecule has 0 aliphatic heterocycles. The largest absolute Gasteiger partial charge is 0.463 e. The third-order valence-corrected chi connectivity index (χ3v) is 4.12. The standard InChI is InChI=1S/C18H22N4O3/c1-4-12(10-23)20-18(24)13-8-15(16-6-5-7-25-16)21-17-14(13)9-19-22(17)11(2)3/h5-9,11-12,23H,4,10H2,1-3H3,(H,20,24). The lowest BCUT2D eigenvalue weighted by molar-refractivity contribution is 0.0916. The van der Waals surface area contributed by atoms with E-state index in [1.165, 1.54) is 0 Å². The summed E-state index contributed by atoms with van der Waals surface area (Å²) in [6, 6.07) is 5.10. The normalized spacial score (nSPS) is 12.7. The first-order valence-electron chi connectivity index (χ1n) is 8.39. The second kappa shape index (κ2) is 7.06. The van der Waals surface area contributed by atoms with E-state index < -0.39 is 0 Å². The molecule has 1 atom stereocenters. The van der Waals surface area contributed by atoms with Crippen molar-refractivity contribution in [1.29, 1.82) is 0 Å². The summed E-state index contributed by atoms with van der Waals surface area (Å²) in [6.45, 7) is 5.82. The summed E-state index contributed by atoms with van der Waals surface area (Å²) in [4.78, 5) is 17.4. The number of hydrogen-bond acceptors (Lipinski definition) is 5. The zero-order valence-electron chi connectivity index (χ0n) is 14.6. The lowest BCUT2D eigenvalue weighted by Crippen LogP contribution is -2.37. The predicted molar refractivity (Wildman–Crippen MR) is 94.2 cm³/mol. The van der Waals surface area contributed by atoms with Crippen molar-refractivity contribution >= 4 is 16.9 Å². The van der Waals surface area contributed by atoms with Gasteiger partial charge in [-0.2, -0.15) is 5.10 Å². The molecule has 7 heteroatoms. The molecule has 0 aliphatic rings. The van der Waals surface area contributed by atoms with E-state index in [1.54, 1.807) is 35.3 Å². The number of nitrogens with one attached hydrogen (secondary N) is 1. The van der Waals surface area contributed by atoms with Crippen LogP contribution >= 0.6 is 0 Å². The fraction of sp³-hybridized carbons (Fsp3) is 0.389. The Morgan fingerprint density at radius 2 is 2.24 bits per heavy atom. The van der Waals surface area contributed by atoms with Gasteiger partial charge in [0.1, 0.15) is 5.69 Å². The number of nitrogens with zero attached hydrogens (tertiary/aromatic N) is 3. The Kier molecular flexibility index (Phi) is 4.85. The molecular formula is C18H22N4O3. The zero-order chi connectivity index (χ0) is 18.0. The van der Waals surface area contributed by atoms with E-state index in [1.807, 2.05) is 20.8 Å². The molecule has 0 fully saturated rings. The number of carbonyl (C=O) groups excluding carboxylic acids is 1. The average Bonchev–Trinajstić information content (AvgIpc) is 3.27. The van der Waals surface area contributed by atoms with Gasteiger partial charge in [0.15, 0.2) is 11.4 Å². The minimum Gasteiger partial charge on any atom is -0.463 e. The quantitative estimate of drug-likeness (QED) is 0.718. The number of pyridine rings is 1. The van der Waals surface area contributed by atoms with Gasteiger partial charge in [-0.05, 0) is 38.5 Å². The molecule has 0 radical (unpaired) electrons. The van der Waals surface area contributed by atoms with E-state index in [2.05, 4.69) is 15.4 Å². The molecule has 0 saturated carbocycles. The van der Waals surface area contributed by atoms with Gasteiger partial charge in [0.2, 0.25) is 0 Å². The number of aliphatic hydroxyl groups excluding tert-OH is 1. The van der Waals surface area contributed by atoms with Crippen molar-refractivity contribution in [1.82, 2.24) is 20.1 Å². The van der Waals surface area contributed by atoms with Crippen LogP contribution in [0.5, 0.6) is 0 Å². The van der Waals surface area contributed by atoms with Crippen LogP contribution in [0.2, 0.25) is 0 Å². The minimum atomic E-state index is -0.289. The number of rotatable bonds is 6. The molecule has 3 rings (SSSR count). The van der Waals surface area contributed by atoms with Crippen molar-refractivity contribution in [3.05, 3.63) is 36.2 Å². The van der Waals surface area contributed by atoms with E-state index in [-0.39, 0.29) is 24.6 Å².